The molecule has 0 spiro atoms. The molecular weight excluding hydrogens is 182 g/mol. The second kappa shape index (κ2) is 6.12. The van der Waals surface area contributed by atoms with Gasteiger partial charge < -0.3 is 5.32 Å². The van der Waals surface area contributed by atoms with Gasteiger partial charge in [-0.25, -0.2) is 0 Å². The summed E-state index contributed by atoms with van der Waals surface area (Å²) in [5, 5.41) is 13.4. The van der Waals surface area contributed by atoms with Crippen LogP contribution in [0.2, 0.25) is 0 Å². The Bertz CT molecular complexity index is 244. The summed E-state index contributed by atoms with van der Waals surface area (Å²) in [5.74, 6) is 0. The summed E-state index contributed by atoms with van der Waals surface area (Å²) in [5.41, 5.74) is -0.0209. The predicted molar refractivity (Wildman–Crippen MR) is 57.0 cm³/mol. The lowest BCUT2D eigenvalue weighted by Gasteiger charge is -2.02. The van der Waals surface area contributed by atoms with Gasteiger partial charge >= 0.3 is 5.70 Å². The molecule has 0 aliphatic heterocycles. The summed E-state index contributed by atoms with van der Waals surface area (Å²) in [4.78, 5) is 14.0. The lowest BCUT2D eigenvalue weighted by molar-refractivity contribution is -0.414. The van der Waals surface area contributed by atoms with Gasteiger partial charge in [0, 0.05) is 12.1 Å². The van der Waals surface area contributed by atoms with E-state index in [1.165, 1.54) is 12.4 Å². The van der Waals surface area contributed by atoms with Crippen LogP contribution in [0.15, 0.2) is 16.9 Å². The van der Waals surface area contributed by atoms with Gasteiger partial charge in [0.25, 0.3) is 0 Å². The highest BCUT2D eigenvalue weighted by Gasteiger charge is 2.06. The molecule has 0 radical (unpaired) electrons. The molecule has 0 saturated heterocycles. The monoisotopic (exact) mass is 199 g/mol. The second-order valence-corrected chi connectivity index (χ2v) is 3.52. The van der Waals surface area contributed by atoms with Gasteiger partial charge in [-0.15, -0.1) is 0 Å². The van der Waals surface area contributed by atoms with Crippen LogP contribution in [0.3, 0.4) is 0 Å². The number of nitro groups is 1. The molecule has 5 nitrogen and oxygen atoms in total. The molecular formula is C9H17N3O2. The molecule has 0 atom stereocenters. The largest absolute Gasteiger partial charge is 0.383 e. The zero-order valence-electron chi connectivity index (χ0n) is 9.02. The van der Waals surface area contributed by atoms with E-state index in [0.717, 1.165) is 0 Å². The van der Waals surface area contributed by atoms with Crippen LogP contribution in [-0.2, 0) is 0 Å². The Morgan fingerprint density at radius 2 is 2.00 bits per heavy atom. The predicted octanol–water partition coefficient (Wildman–Crippen LogP) is 1.58. The fraction of sp³-hybridized carbons (Fsp3) is 0.667. The van der Waals surface area contributed by atoms with Crippen molar-refractivity contribution >= 4 is 6.21 Å². The maximum atomic E-state index is 10.5. The van der Waals surface area contributed by atoms with Crippen molar-refractivity contribution in [2.75, 3.05) is 0 Å². The summed E-state index contributed by atoms with van der Waals surface area (Å²) in [7, 11) is 0. The summed E-state index contributed by atoms with van der Waals surface area (Å²) < 4.78 is 0. The molecule has 0 aromatic rings. The number of nitrogens with zero attached hydrogens (tertiary/aromatic N) is 2. The maximum absolute atomic E-state index is 10.5. The molecule has 0 aliphatic carbocycles. The minimum atomic E-state index is -0.457. The van der Waals surface area contributed by atoms with Crippen molar-refractivity contribution in [1.82, 2.24) is 5.32 Å². The molecule has 0 amide bonds. The Balaban J connectivity index is 4.44. The lowest BCUT2D eigenvalue weighted by atomic mass is 10.4. The van der Waals surface area contributed by atoms with E-state index in [1.54, 1.807) is 0 Å². The second-order valence-electron chi connectivity index (χ2n) is 3.52. The van der Waals surface area contributed by atoms with Crippen LogP contribution in [-0.4, -0.2) is 23.2 Å². The Kier molecular flexibility index (Phi) is 5.52. The number of hydrogen-bond donors (Lipinski definition) is 1. The highest BCUT2D eigenvalue weighted by molar-refractivity contribution is 5.75. The summed E-state index contributed by atoms with van der Waals surface area (Å²) in [6.07, 6.45) is 2.65. The van der Waals surface area contributed by atoms with E-state index in [-0.39, 0.29) is 17.8 Å². The van der Waals surface area contributed by atoms with E-state index in [1.807, 2.05) is 27.7 Å². The van der Waals surface area contributed by atoms with Crippen molar-refractivity contribution in [3.63, 3.8) is 0 Å². The molecule has 0 heterocycles. The molecule has 14 heavy (non-hydrogen) atoms. The molecule has 0 unspecified atom stereocenters. The summed E-state index contributed by atoms with van der Waals surface area (Å²) in [6.45, 7) is 7.55. The van der Waals surface area contributed by atoms with Crippen LogP contribution in [0.25, 0.3) is 0 Å². The molecule has 1 N–H and O–H groups in total. The van der Waals surface area contributed by atoms with Gasteiger partial charge in [-0.05, 0) is 27.7 Å². The molecule has 5 heteroatoms. The highest BCUT2D eigenvalue weighted by Crippen LogP contribution is 1.93. The summed E-state index contributed by atoms with van der Waals surface area (Å²) >= 11 is 0. The maximum Gasteiger partial charge on any atom is 0.302 e. The first kappa shape index (κ1) is 12.6. The standard InChI is InChI=1S/C9H17N3O2/c1-7(2)10-5-9(12(13)14)6-11-8(3)4/h5-8,10H,1-4H3/b9-5+,11-6?. The van der Waals surface area contributed by atoms with Crippen molar-refractivity contribution in [3.05, 3.63) is 22.0 Å². The van der Waals surface area contributed by atoms with Crippen LogP contribution in [0.1, 0.15) is 27.7 Å². The van der Waals surface area contributed by atoms with E-state index in [9.17, 15) is 10.1 Å². The zero-order chi connectivity index (χ0) is 11.1. The molecule has 0 aliphatic rings. The van der Waals surface area contributed by atoms with Gasteiger partial charge in [0.15, 0.2) is 0 Å². The average Bonchev–Trinajstić information content (AvgIpc) is 2.02. The van der Waals surface area contributed by atoms with Gasteiger partial charge in [-0.3, -0.25) is 15.1 Å². The van der Waals surface area contributed by atoms with Crippen molar-refractivity contribution in [2.45, 2.75) is 39.8 Å². The Labute approximate surface area is 84.1 Å². The fourth-order valence-corrected chi connectivity index (χ4v) is 0.615. The number of aliphatic imine (C=N–C) groups is 1. The first-order chi connectivity index (χ1) is 6.43. The molecule has 80 valence electrons. The molecule has 0 rings (SSSR count). The van der Waals surface area contributed by atoms with E-state index in [0.29, 0.717) is 0 Å². The van der Waals surface area contributed by atoms with Crippen LogP contribution >= 0.6 is 0 Å². The third-order valence-electron chi connectivity index (χ3n) is 1.28. The third kappa shape index (κ3) is 6.16. The molecule has 0 bridgehead atoms. The van der Waals surface area contributed by atoms with Gasteiger partial charge in [-0.1, -0.05) is 0 Å². The highest BCUT2D eigenvalue weighted by atomic mass is 16.6. The fourth-order valence-electron chi connectivity index (χ4n) is 0.615. The number of nitrogens with one attached hydrogen (secondary N) is 1. The minimum Gasteiger partial charge on any atom is -0.383 e. The molecule has 0 saturated carbocycles. The Hall–Kier alpha value is -1.39. The molecule has 0 fully saturated rings. The van der Waals surface area contributed by atoms with Crippen molar-refractivity contribution in [2.24, 2.45) is 4.99 Å². The Morgan fingerprint density at radius 1 is 1.43 bits per heavy atom. The van der Waals surface area contributed by atoms with Gasteiger partial charge in [0.05, 0.1) is 11.1 Å². The van der Waals surface area contributed by atoms with Gasteiger partial charge in [0.1, 0.15) is 6.21 Å². The first-order valence-corrected chi connectivity index (χ1v) is 4.57. The van der Waals surface area contributed by atoms with Crippen LogP contribution in [0, 0.1) is 10.1 Å². The SMILES string of the molecule is CC(C)N=C/C(=C\NC(C)C)[N+](=O)[O-]. The van der Waals surface area contributed by atoms with E-state index >= 15 is 0 Å². The minimum absolute atomic E-state index is 0.0209. The smallest absolute Gasteiger partial charge is 0.302 e. The topological polar surface area (TPSA) is 67.5 Å². The zero-order valence-corrected chi connectivity index (χ0v) is 9.02. The van der Waals surface area contributed by atoms with Crippen LogP contribution < -0.4 is 5.32 Å². The first-order valence-electron chi connectivity index (χ1n) is 4.57. The van der Waals surface area contributed by atoms with Gasteiger partial charge in [-0.2, -0.15) is 0 Å². The molecule has 0 aromatic heterocycles. The van der Waals surface area contributed by atoms with E-state index < -0.39 is 4.92 Å². The third-order valence-corrected chi connectivity index (χ3v) is 1.28. The van der Waals surface area contributed by atoms with Crippen molar-refractivity contribution < 1.29 is 4.92 Å². The van der Waals surface area contributed by atoms with E-state index in [4.69, 9.17) is 0 Å². The number of hydrogen-bond acceptors (Lipinski definition) is 4. The van der Waals surface area contributed by atoms with Crippen molar-refractivity contribution in [1.29, 1.82) is 0 Å². The van der Waals surface area contributed by atoms with Crippen LogP contribution in [0.4, 0.5) is 0 Å². The number of rotatable bonds is 5. The van der Waals surface area contributed by atoms with Crippen molar-refractivity contribution in [3.8, 4) is 0 Å². The molecule has 0 aromatic carbocycles. The quantitative estimate of drug-likeness (QED) is 0.415. The van der Waals surface area contributed by atoms with Gasteiger partial charge in [0.2, 0.25) is 0 Å². The van der Waals surface area contributed by atoms with Crippen LogP contribution in [0.5, 0.6) is 0 Å². The summed E-state index contributed by atoms with van der Waals surface area (Å²) in [6, 6.07) is 0.245. The Morgan fingerprint density at radius 3 is 2.36 bits per heavy atom. The average molecular weight is 199 g/mol. The van der Waals surface area contributed by atoms with E-state index in [2.05, 4.69) is 10.3 Å². The number of allylic oxidation sites excluding steroid dienone is 1. The normalized spacial score (nSPS) is 12.9. The lowest BCUT2D eigenvalue weighted by Crippen LogP contribution is -2.18.